The van der Waals surface area contributed by atoms with Crippen LogP contribution in [-0.2, 0) is 28.7 Å². The molecular weight excluding hydrogens is 340 g/mol. The van der Waals surface area contributed by atoms with E-state index in [2.05, 4.69) is 5.32 Å². The Hall–Kier alpha value is -2.10. The summed E-state index contributed by atoms with van der Waals surface area (Å²) in [7, 11) is 0. The Morgan fingerprint density at radius 1 is 1.38 bits per heavy atom. The fourth-order valence-electron chi connectivity index (χ4n) is 2.60. The molecule has 24 heavy (non-hydrogen) atoms. The first-order valence-electron chi connectivity index (χ1n) is 7.24. The molecule has 0 aromatic rings. The Bertz CT molecular complexity index is 608. The monoisotopic (exact) mass is 358 g/mol. The summed E-state index contributed by atoms with van der Waals surface area (Å²) in [5.41, 5.74) is -1.36. The van der Waals surface area contributed by atoms with E-state index in [4.69, 9.17) is 4.74 Å². The van der Waals surface area contributed by atoms with Gasteiger partial charge in [-0.15, -0.1) is 11.8 Å². The highest BCUT2D eigenvalue weighted by molar-refractivity contribution is 8.00. The minimum atomic E-state index is -1.36. The Balaban J connectivity index is 2.01. The van der Waals surface area contributed by atoms with Crippen molar-refractivity contribution in [1.82, 2.24) is 10.2 Å². The number of carboxylic acid groups (broad SMARTS) is 1. The Kier molecular flexibility index (Phi) is 5.16. The first-order chi connectivity index (χ1) is 11.2. The van der Waals surface area contributed by atoms with Gasteiger partial charge in [0.05, 0.1) is 6.42 Å². The minimum absolute atomic E-state index is 0.0921. The predicted octanol–water partition coefficient (Wildman–Crippen LogP) is -1.00. The first kappa shape index (κ1) is 18.2. The van der Waals surface area contributed by atoms with Crippen molar-refractivity contribution in [2.45, 2.75) is 31.7 Å². The zero-order chi connectivity index (χ0) is 18.1. The second kappa shape index (κ2) is 6.80. The van der Waals surface area contributed by atoms with Gasteiger partial charge in [-0.25, -0.2) is 0 Å². The number of ketones is 1. The number of carboxylic acids is 1. The largest absolute Gasteiger partial charge is 0.481 e. The molecule has 2 rings (SSSR count). The standard InChI is InChI=1S/C14H18N2O7S/c1-7(17)3-9(19)15-10-11(20)16-4-14(13(21)22,5-23-8(2)18)6-24-12(10)16/h10,12H,3-6H2,1-2H3,(H,15,19)(H,21,22)/t10?,12-,14?/m1/s1. The lowest BCUT2D eigenvalue weighted by Crippen LogP contribution is -2.74. The molecule has 2 fully saturated rings. The van der Waals surface area contributed by atoms with Gasteiger partial charge < -0.3 is 20.1 Å². The molecule has 0 aromatic carbocycles. The van der Waals surface area contributed by atoms with Crippen LogP contribution >= 0.6 is 11.8 Å². The summed E-state index contributed by atoms with van der Waals surface area (Å²) >= 11 is 1.21. The number of aliphatic carboxylic acids is 1. The Morgan fingerprint density at radius 3 is 2.58 bits per heavy atom. The van der Waals surface area contributed by atoms with Crippen LogP contribution in [0.4, 0.5) is 0 Å². The molecule has 2 unspecified atom stereocenters. The minimum Gasteiger partial charge on any atom is -0.481 e. The SMILES string of the molecule is CC(=O)CC(=O)NC1C(=O)N2CC(COC(C)=O)(C(=O)O)CS[C@H]12. The molecule has 10 heteroatoms. The number of hydrogen-bond acceptors (Lipinski definition) is 7. The lowest BCUT2D eigenvalue weighted by atomic mass is 9.88. The maximum atomic E-state index is 12.2. The van der Waals surface area contributed by atoms with Gasteiger partial charge in [-0.1, -0.05) is 0 Å². The number of Topliss-reactive ketones (excluding diaryl/α,β-unsaturated/α-hetero) is 1. The third-order valence-corrected chi connectivity index (χ3v) is 5.46. The molecule has 132 valence electrons. The second-order valence-electron chi connectivity index (χ2n) is 5.96. The van der Waals surface area contributed by atoms with Crippen molar-refractivity contribution < 1.29 is 33.8 Å². The summed E-state index contributed by atoms with van der Waals surface area (Å²) < 4.78 is 4.85. The van der Waals surface area contributed by atoms with Crippen molar-refractivity contribution in [1.29, 1.82) is 0 Å². The van der Waals surface area contributed by atoms with Crippen molar-refractivity contribution in [3.8, 4) is 0 Å². The van der Waals surface area contributed by atoms with Gasteiger partial charge in [0.2, 0.25) is 11.8 Å². The lowest BCUT2D eigenvalue weighted by Gasteiger charge is -2.53. The molecule has 0 spiro atoms. The number of fused-ring (bicyclic) bond motifs is 1. The normalized spacial score (nSPS) is 28.4. The van der Waals surface area contributed by atoms with Gasteiger partial charge >= 0.3 is 11.9 Å². The number of amides is 2. The summed E-state index contributed by atoms with van der Waals surface area (Å²) in [6.45, 7) is 2.05. The average Bonchev–Trinajstić information content (AvgIpc) is 2.49. The second-order valence-corrected chi connectivity index (χ2v) is 7.06. The zero-order valence-electron chi connectivity index (χ0n) is 13.2. The van der Waals surface area contributed by atoms with Crippen LogP contribution < -0.4 is 5.32 Å². The van der Waals surface area contributed by atoms with Crippen LogP contribution in [0.25, 0.3) is 0 Å². The summed E-state index contributed by atoms with van der Waals surface area (Å²) in [6.07, 6.45) is -0.299. The van der Waals surface area contributed by atoms with Gasteiger partial charge in [0, 0.05) is 19.2 Å². The van der Waals surface area contributed by atoms with Gasteiger partial charge in [-0.05, 0) is 6.92 Å². The van der Waals surface area contributed by atoms with Crippen LogP contribution in [-0.4, -0.2) is 69.9 Å². The molecule has 2 amide bonds. The van der Waals surface area contributed by atoms with Gasteiger partial charge in [0.1, 0.15) is 29.2 Å². The average molecular weight is 358 g/mol. The predicted molar refractivity (Wildman–Crippen MR) is 81.9 cm³/mol. The number of nitrogens with zero attached hydrogens (tertiary/aromatic N) is 1. The van der Waals surface area contributed by atoms with E-state index >= 15 is 0 Å². The third-order valence-electron chi connectivity index (χ3n) is 3.88. The maximum Gasteiger partial charge on any atom is 0.315 e. The summed E-state index contributed by atoms with van der Waals surface area (Å²) in [6, 6.07) is -0.762. The quantitative estimate of drug-likeness (QED) is 0.351. The van der Waals surface area contributed by atoms with E-state index in [-0.39, 0.29) is 36.5 Å². The number of nitrogens with one attached hydrogen (secondary N) is 1. The molecular formula is C14H18N2O7S. The van der Waals surface area contributed by atoms with Crippen LogP contribution in [0.2, 0.25) is 0 Å². The van der Waals surface area contributed by atoms with Crippen molar-refractivity contribution >= 4 is 41.3 Å². The summed E-state index contributed by atoms with van der Waals surface area (Å²) in [5, 5.41) is 11.6. The molecule has 0 aromatic heterocycles. The molecule has 2 aliphatic rings. The molecule has 9 nitrogen and oxygen atoms in total. The van der Waals surface area contributed by atoms with Gasteiger partial charge in [-0.2, -0.15) is 0 Å². The van der Waals surface area contributed by atoms with Crippen LogP contribution in [0, 0.1) is 5.41 Å². The number of hydrogen-bond donors (Lipinski definition) is 2. The van der Waals surface area contributed by atoms with Crippen LogP contribution in [0.15, 0.2) is 0 Å². The molecule has 0 radical (unpaired) electrons. The Morgan fingerprint density at radius 2 is 2.04 bits per heavy atom. The number of esters is 1. The number of carbonyl (C=O) groups excluding carboxylic acids is 4. The van der Waals surface area contributed by atoms with Crippen LogP contribution in [0.1, 0.15) is 20.3 Å². The molecule has 2 saturated heterocycles. The van der Waals surface area contributed by atoms with Crippen molar-refractivity contribution in [2.75, 3.05) is 18.9 Å². The molecule has 2 heterocycles. The van der Waals surface area contributed by atoms with Crippen molar-refractivity contribution in [2.24, 2.45) is 5.41 Å². The molecule has 0 aliphatic carbocycles. The van der Waals surface area contributed by atoms with Crippen LogP contribution in [0.3, 0.4) is 0 Å². The van der Waals surface area contributed by atoms with E-state index in [1.54, 1.807) is 0 Å². The van der Waals surface area contributed by atoms with Crippen molar-refractivity contribution in [3.63, 3.8) is 0 Å². The fourth-order valence-corrected chi connectivity index (χ4v) is 4.12. The highest BCUT2D eigenvalue weighted by Gasteiger charge is 2.57. The highest BCUT2D eigenvalue weighted by Crippen LogP contribution is 2.42. The fraction of sp³-hybridized carbons (Fsp3) is 0.643. The van der Waals surface area contributed by atoms with E-state index < -0.39 is 35.2 Å². The smallest absolute Gasteiger partial charge is 0.315 e. The van der Waals surface area contributed by atoms with E-state index in [0.29, 0.717) is 0 Å². The summed E-state index contributed by atoms with van der Waals surface area (Å²) in [5.74, 6) is -2.84. The number of β-lactam (4-membered cyclic amide) rings is 1. The highest BCUT2D eigenvalue weighted by atomic mass is 32.2. The molecule has 0 bridgehead atoms. The number of thioether (sulfide) groups is 1. The first-order valence-corrected chi connectivity index (χ1v) is 8.29. The van der Waals surface area contributed by atoms with Gasteiger partial charge in [0.15, 0.2) is 0 Å². The third kappa shape index (κ3) is 3.53. The topological polar surface area (TPSA) is 130 Å². The lowest BCUT2D eigenvalue weighted by molar-refractivity contribution is -0.165. The zero-order valence-corrected chi connectivity index (χ0v) is 14.1. The maximum absolute atomic E-state index is 12.2. The number of ether oxygens (including phenoxy) is 1. The summed E-state index contributed by atoms with van der Waals surface area (Å²) in [4.78, 5) is 58.6. The van der Waals surface area contributed by atoms with Crippen molar-refractivity contribution in [3.05, 3.63) is 0 Å². The van der Waals surface area contributed by atoms with E-state index in [0.717, 1.165) is 0 Å². The number of rotatable bonds is 6. The van der Waals surface area contributed by atoms with E-state index in [9.17, 15) is 29.1 Å². The van der Waals surface area contributed by atoms with Gasteiger partial charge in [0.25, 0.3) is 0 Å². The molecule has 0 saturated carbocycles. The van der Waals surface area contributed by atoms with E-state index in [1.165, 1.54) is 30.5 Å². The van der Waals surface area contributed by atoms with Gasteiger partial charge in [-0.3, -0.25) is 24.0 Å². The number of carbonyl (C=O) groups is 5. The van der Waals surface area contributed by atoms with Crippen LogP contribution in [0.5, 0.6) is 0 Å². The molecule has 2 aliphatic heterocycles. The molecule has 3 atom stereocenters. The Labute approximate surface area is 142 Å². The molecule has 2 N–H and O–H groups in total. The van der Waals surface area contributed by atoms with E-state index in [1.807, 2.05) is 0 Å².